The van der Waals surface area contributed by atoms with Crippen molar-refractivity contribution in [3.05, 3.63) is 41.3 Å². The molecule has 0 spiro atoms. The third-order valence-corrected chi connectivity index (χ3v) is 5.22. The number of alkyl halides is 2. The highest BCUT2D eigenvalue weighted by atomic mass is 32.1. The number of carbonyl (C=O) groups is 2. The maximum Gasteiger partial charge on any atom is 0.387 e. The van der Waals surface area contributed by atoms with E-state index in [2.05, 4.69) is 10.1 Å². The Morgan fingerprint density at radius 3 is 2.44 bits per heavy atom. The van der Waals surface area contributed by atoms with Crippen LogP contribution in [0, 0.1) is 5.41 Å². The number of hydrogen-bond donors (Lipinski definition) is 2. The van der Waals surface area contributed by atoms with Gasteiger partial charge in [0, 0.05) is 11.4 Å². The van der Waals surface area contributed by atoms with Crippen LogP contribution in [0.15, 0.2) is 36.4 Å². The van der Waals surface area contributed by atoms with Gasteiger partial charge in [0.05, 0.1) is 10.3 Å². The van der Waals surface area contributed by atoms with E-state index in [9.17, 15) is 18.4 Å². The van der Waals surface area contributed by atoms with Gasteiger partial charge in [0.1, 0.15) is 5.75 Å². The summed E-state index contributed by atoms with van der Waals surface area (Å²) in [6.45, 7) is -2.75. The van der Waals surface area contributed by atoms with Crippen molar-refractivity contribution in [1.29, 1.82) is 0 Å². The van der Waals surface area contributed by atoms with E-state index in [1.165, 1.54) is 23.5 Å². The Morgan fingerprint density at radius 1 is 1.20 bits per heavy atom. The van der Waals surface area contributed by atoms with Gasteiger partial charge in [0.15, 0.2) is 0 Å². The van der Waals surface area contributed by atoms with Crippen LogP contribution in [0.25, 0.3) is 10.4 Å². The lowest BCUT2D eigenvalue weighted by Gasteiger charge is -2.10. The van der Waals surface area contributed by atoms with Crippen LogP contribution >= 0.6 is 11.3 Å². The molecule has 0 saturated heterocycles. The predicted octanol–water partition coefficient (Wildman–Crippen LogP) is 3.61. The molecule has 2 aromatic rings. The van der Waals surface area contributed by atoms with Crippen LogP contribution in [0.5, 0.6) is 5.75 Å². The van der Waals surface area contributed by atoms with Gasteiger partial charge in [-0.1, -0.05) is 0 Å². The SMILES string of the molecule is O=C(NCC1(C(=O)O)CC1)c1ccc(-c2ccc(OC(F)F)cc2)s1. The van der Waals surface area contributed by atoms with Crippen LogP contribution < -0.4 is 10.1 Å². The predicted molar refractivity (Wildman–Crippen MR) is 88.0 cm³/mol. The second kappa shape index (κ2) is 6.79. The van der Waals surface area contributed by atoms with Crippen LogP contribution in [0.2, 0.25) is 0 Å². The number of amides is 1. The molecule has 1 amide bonds. The zero-order valence-electron chi connectivity index (χ0n) is 13.0. The quantitative estimate of drug-likeness (QED) is 0.784. The number of carboxylic acids is 1. The molecule has 0 atom stereocenters. The van der Waals surface area contributed by atoms with Gasteiger partial charge in [0.25, 0.3) is 5.91 Å². The summed E-state index contributed by atoms with van der Waals surface area (Å²) in [7, 11) is 0. The fourth-order valence-electron chi connectivity index (χ4n) is 2.37. The summed E-state index contributed by atoms with van der Waals surface area (Å²) >= 11 is 1.24. The first kappa shape index (κ1) is 17.3. The summed E-state index contributed by atoms with van der Waals surface area (Å²) in [5.74, 6) is -1.14. The summed E-state index contributed by atoms with van der Waals surface area (Å²) in [5.41, 5.74) is -0.0362. The number of aliphatic carboxylic acids is 1. The van der Waals surface area contributed by atoms with E-state index in [0.29, 0.717) is 17.7 Å². The van der Waals surface area contributed by atoms with Crippen molar-refractivity contribution in [3.63, 3.8) is 0 Å². The number of rotatable bonds is 7. The fourth-order valence-corrected chi connectivity index (χ4v) is 3.30. The number of thiophene rings is 1. The highest BCUT2D eigenvalue weighted by Crippen LogP contribution is 2.45. The maximum atomic E-state index is 12.2. The van der Waals surface area contributed by atoms with Gasteiger partial charge in [-0.2, -0.15) is 8.78 Å². The van der Waals surface area contributed by atoms with Gasteiger partial charge < -0.3 is 15.2 Å². The van der Waals surface area contributed by atoms with Crippen molar-refractivity contribution < 1.29 is 28.2 Å². The van der Waals surface area contributed by atoms with Crippen molar-refractivity contribution in [2.75, 3.05) is 6.54 Å². The number of halogens is 2. The van der Waals surface area contributed by atoms with E-state index < -0.39 is 18.0 Å². The molecule has 0 radical (unpaired) electrons. The average Bonchev–Trinajstić information content (AvgIpc) is 3.21. The number of carboxylic acid groups (broad SMARTS) is 1. The summed E-state index contributed by atoms with van der Waals surface area (Å²) in [6, 6.07) is 9.55. The molecule has 2 N–H and O–H groups in total. The van der Waals surface area contributed by atoms with Crippen molar-refractivity contribution in [1.82, 2.24) is 5.32 Å². The van der Waals surface area contributed by atoms with Crippen molar-refractivity contribution in [3.8, 4) is 16.2 Å². The highest BCUT2D eigenvalue weighted by molar-refractivity contribution is 7.17. The molecule has 1 heterocycles. The molecule has 25 heavy (non-hydrogen) atoms. The molecule has 0 bridgehead atoms. The lowest BCUT2D eigenvalue weighted by atomic mass is 10.1. The molecule has 1 aliphatic carbocycles. The highest BCUT2D eigenvalue weighted by Gasteiger charge is 2.50. The standard InChI is InChI=1S/C17H15F2NO4S/c18-16(19)24-11-3-1-10(2-4-11)12-5-6-13(25-12)14(21)20-9-17(7-8-17)15(22)23/h1-6,16H,7-9H2,(H,20,21)(H,22,23). The van der Waals surface area contributed by atoms with Crippen LogP contribution in [0.4, 0.5) is 8.78 Å². The van der Waals surface area contributed by atoms with Gasteiger partial charge in [-0.3, -0.25) is 9.59 Å². The first-order valence-electron chi connectivity index (χ1n) is 7.56. The molecule has 0 aliphatic heterocycles. The third kappa shape index (κ3) is 3.96. The zero-order chi connectivity index (χ0) is 18.0. The Balaban J connectivity index is 1.63. The maximum absolute atomic E-state index is 12.2. The van der Waals surface area contributed by atoms with E-state index in [-0.39, 0.29) is 18.2 Å². The van der Waals surface area contributed by atoms with Crippen molar-refractivity contribution >= 4 is 23.2 Å². The second-order valence-corrected chi connectivity index (χ2v) is 6.92. The van der Waals surface area contributed by atoms with E-state index in [1.54, 1.807) is 24.3 Å². The first-order valence-corrected chi connectivity index (χ1v) is 8.38. The molecule has 8 heteroatoms. The summed E-state index contributed by atoms with van der Waals surface area (Å²) < 4.78 is 28.6. The Morgan fingerprint density at radius 2 is 1.88 bits per heavy atom. The van der Waals surface area contributed by atoms with E-state index in [1.807, 2.05) is 0 Å². The topological polar surface area (TPSA) is 75.6 Å². The minimum atomic E-state index is -2.87. The second-order valence-electron chi connectivity index (χ2n) is 5.83. The smallest absolute Gasteiger partial charge is 0.387 e. The van der Waals surface area contributed by atoms with Gasteiger partial charge in [-0.15, -0.1) is 11.3 Å². The number of hydrogen-bond acceptors (Lipinski definition) is 4. The Bertz CT molecular complexity index is 784. The third-order valence-electron chi connectivity index (χ3n) is 4.09. The molecule has 1 fully saturated rings. The van der Waals surface area contributed by atoms with E-state index in [0.717, 1.165) is 10.4 Å². The Kier molecular flexibility index (Phi) is 4.71. The molecule has 5 nitrogen and oxygen atoms in total. The number of nitrogens with one attached hydrogen (secondary N) is 1. The number of benzene rings is 1. The minimum absolute atomic E-state index is 0.0664. The summed E-state index contributed by atoms with van der Waals surface area (Å²) in [6.07, 6.45) is 1.15. The van der Waals surface area contributed by atoms with Gasteiger partial charge >= 0.3 is 12.6 Å². The number of carbonyl (C=O) groups excluding carboxylic acids is 1. The lowest BCUT2D eigenvalue weighted by molar-refractivity contribution is -0.143. The lowest BCUT2D eigenvalue weighted by Crippen LogP contribution is -2.33. The van der Waals surface area contributed by atoms with E-state index >= 15 is 0 Å². The van der Waals surface area contributed by atoms with Crippen LogP contribution in [0.1, 0.15) is 22.5 Å². The average molecular weight is 367 g/mol. The van der Waals surface area contributed by atoms with Crippen LogP contribution in [0.3, 0.4) is 0 Å². The number of ether oxygens (including phenoxy) is 1. The molecule has 1 aromatic heterocycles. The van der Waals surface area contributed by atoms with Gasteiger partial charge in [-0.05, 0) is 54.8 Å². The Labute approximate surface area is 146 Å². The molecular formula is C17H15F2NO4S. The normalized spacial score (nSPS) is 15.0. The monoisotopic (exact) mass is 367 g/mol. The van der Waals surface area contributed by atoms with Crippen LogP contribution in [-0.2, 0) is 4.79 Å². The molecule has 1 aliphatic rings. The van der Waals surface area contributed by atoms with Crippen molar-refractivity contribution in [2.24, 2.45) is 5.41 Å². The largest absolute Gasteiger partial charge is 0.481 e. The molecule has 1 aromatic carbocycles. The zero-order valence-corrected chi connectivity index (χ0v) is 13.8. The molecule has 3 rings (SSSR count). The first-order chi connectivity index (χ1) is 11.9. The molecular weight excluding hydrogens is 352 g/mol. The fraction of sp³-hybridized carbons (Fsp3) is 0.294. The summed E-state index contributed by atoms with van der Waals surface area (Å²) in [4.78, 5) is 24.5. The van der Waals surface area contributed by atoms with Gasteiger partial charge in [-0.25, -0.2) is 0 Å². The molecule has 132 valence electrons. The van der Waals surface area contributed by atoms with Gasteiger partial charge in [0.2, 0.25) is 0 Å². The molecule has 1 saturated carbocycles. The Hall–Kier alpha value is -2.48. The summed E-state index contributed by atoms with van der Waals surface area (Å²) in [5, 5.41) is 11.8. The van der Waals surface area contributed by atoms with E-state index in [4.69, 9.17) is 5.11 Å². The minimum Gasteiger partial charge on any atom is -0.481 e. The van der Waals surface area contributed by atoms with Crippen LogP contribution in [-0.4, -0.2) is 30.1 Å². The van der Waals surface area contributed by atoms with Crippen molar-refractivity contribution in [2.45, 2.75) is 19.5 Å². The molecule has 0 unspecified atom stereocenters.